The molecule has 36 heavy (non-hydrogen) atoms. The van der Waals surface area contributed by atoms with E-state index in [1.165, 1.54) is 16.8 Å². The molecule has 1 amide bonds. The molecule has 0 saturated carbocycles. The predicted molar refractivity (Wildman–Crippen MR) is 124 cm³/mol. The summed E-state index contributed by atoms with van der Waals surface area (Å²) >= 11 is 0. The number of aromatic nitrogens is 2. The molecular formula is C26H23F2N3O5. The maximum atomic E-state index is 15.3. The maximum absolute atomic E-state index is 15.3. The zero-order valence-electron chi connectivity index (χ0n) is 19.4. The summed E-state index contributed by atoms with van der Waals surface area (Å²) in [5.74, 6) is -3.80. The van der Waals surface area contributed by atoms with Gasteiger partial charge in [-0.3, -0.25) is 9.59 Å². The number of fused-ring (bicyclic) bond motifs is 2. The Balaban J connectivity index is 1.76. The molecule has 3 heterocycles. The van der Waals surface area contributed by atoms with Gasteiger partial charge in [0.05, 0.1) is 24.9 Å². The fourth-order valence-electron chi connectivity index (χ4n) is 5.25. The Morgan fingerprint density at radius 2 is 1.92 bits per heavy atom. The predicted octanol–water partition coefficient (Wildman–Crippen LogP) is 4.05. The lowest BCUT2D eigenvalue weighted by Crippen LogP contribution is -2.51. The van der Waals surface area contributed by atoms with Gasteiger partial charge in [-0.2, -0.15) is 5.10 Å². The maximum Gasteiger partial charge on any atom is 0.514 e. The van der Waals surface area contributed by atoms with Gasteiger partial charge in [0.2, 0.25) is 11.2 Å². The minimum Gasteiger partial charge on any atom is -0.434 e. The number of ether oxygens (including phenoxy) is 2. The van der Waals surface area contributed by atoms with Gasteiger partial charge in [0.1, 0.15) is 0 Å². The van der Waals surface area contributed by atoms with Crippen molar-refractivity contribution in [3.8, 4) is 5.75 Å². The summed E-state index contributed by atoms with van der Waals surface area (Å²) in [5, 5.41) is 4.26. The third kappa shape index (κ3) is 3.92. The van der Waals surface area contributed by atoms with Crippen molar-refractivity contribution in [2.45, 2.75) is 37.8 Å². The minimum absolute atomic E-state index is 0.00708. The quantitative estimate of drug-likeness (QED) is 0.496. The first-order valence-electron chi connectivity index (χ1n) is 11.7. The van der Waals surface area contributed by atoms with Crippen molar-refractivity contribution >= 4 is 12.1 Å². The summed E-state index contributed by atoms with van der Waals surface area (Å²) in [6.45, 7) is 1.98. The van der Waals surface area contributed by atoms with E-state index in [9.17, 15) is 18.8 Å². The van der Waals surface area contributed by atoms with E-state index in [2.05, 4.69) is 5.10 Å². The molecule has 2 aliphatic rings. The number of nitrogens with zero attached hydrogens (tertiary/aromatic N) is 3. The number of carbonyl (C=O) groups excluding carboxylic acids is 2. The van der Waals surface area contributed by atoms with Crippen molar-refractivity contribution in [2.75, 3.05) is 13.2 Å². The fourth-order valence-corrected chi connectivity index (χ4v) is 5.25. The van der Waals surface area contributed by atoms with E-state index in [0.717, 1.165) is 12.3 Å². The second-order valence-corrected chi connectivity index (χ2v) is 8.65. The van der Waals surface area contributed by atoms with Gasteiger partial charge in [0.15, 0.2) is 17.3 Å². The van der Waals surface area contributed by atoms with Crippen LogP contribution >= 0.6 is 0 Å². The molecule has 0 radical (unpaired) electrons. The fraction of sp³-hybridized carbons (Fsp3) is 0.308. The number of benzene rings is 2. The Hall–Kier alpha value is -4.08. The van der Waals surface area contributed by atoms with Crippen molar-refractivity contribution in [1.82, 2.24) is 14.7 Å². The highest BCUT2D eigenvalue weighted by Crippen LogP contribution is 2.46. The zero-order valence-corrected chi connectivity index (χ0v) is 19.4. The molecule has 1 unspecified atom stereocenters. The lowest BCUT2D eigenvalue weighted by Gasteiger charge is -2.42. The molecule has 2 aromatic carbocycles. The lowest BCUT2D eigenvalue weighted by atomic mass is 9.79. The van der Waals surface area contributed by atoms with Gasteiger partial charge in [-0.1, -0.05) is 42.5 Å². The second kappa shape index (κ2) is 9.52. The van der Waals surface area contributed by atoms with Crippen LogP contribution in [0.2, 0.25) is 0 Å². The molecule has 0 aliphatic carbocycles. The molecule has 10 heteroatoms. The Kier molecular flexibility index (Phi) is 6.26. The highest BCUT2D eigenvalue weighted by molar-refractivity contribution is 5.97. The largest absolute Gasteiger partial charge is 0.514 e. The van der Waals surface area contributed by atoms with Gasteiger partial charge in [-0.15, -0.1) is 0 Å². The first-order valence-corrected chi connectivity index (χ1v) is 11.7. The van der Waals surface area contributed by atoms with Crippen LogP contribution in [-0.4, -0.2) is 45.9 Å². The van der Waals surface area contributed by atoms with Crippen LogP contribution in [0.4, 0.5) is 13.6 Å². The molecule has 186 valence electrons. The van der Waals surface area contributed by atoms with E-state index in [0.29, 0.717) is 24.9 Å². The van der Waals surface area contributed by atoms with Crippen LogP contribution in [0.25, 0.3) is 0 Å². The van der Waals surface area contributed by atoms with Gasteiger partial charge in [-0.25, -0.2) is 18.3 Å². The summed E-state index contributed by atoms with van der Waals surface area (Å²) < 4.78 is 41.0. The van der Waals surface area contributed by atoms with Crippen LogP contribution in [0.3, 0.4) is 0 Å². The standard InChI is InChI=1S/C26H23F2N3O5/c1-2-35-26(34)36-24-19(32)14-29-31-22(18-12-7-13-30(18)25(33)23(24)31)20(15-8-4-3-5-9-15)16-10-6-11-17(27)21(16)28/h3-6,8-11,14,18,20,22H,2,7,12-13H2,1H3/t18-,20?,22-/m1/s1. The number of hydrogen-bond donors (Lipinski definition) is 0. The molecule has 0 bridgehead atoms. The van der Waals surface area contributed by atoms with Gasteiger partial charge in [0, 0.05) is 18.0 Å². The highest BCUT2D eigenvalue weighted by atomic mass is 19.2. The molecule has 3 atom stereocenters. The molecule has 5 rings (SSSR count). The first-order chi connectivity index (χ1) is 17.4. The van der Waals surface area contributed by atoms with Crippen LogP contribution in [-0.2, 0) is 4.74 Å². The smallest absolute Gasteiger partial charge is 0.434 e. The topological polar surface area (TPSA) is 90.7 Å². The van der Waals surface area contributed by atoms with E-state index in [1.807, 2.05) is 6.07 Å². The first kappa shape index (κ1) is 23.7. The molecular weight excluding hydrogens is 472 g/mol. The van der Waals surface area contributed by atoms with Crippen molar-refractivity contribution in [3.63, 3.8) is 0 Å². The van der Waals surface area contributed by atoms with E-state index in [1.54, 1.807) is 36.1 Å². The third-order valence-electron chi connectivity index (χ3n) is 6.67. The van der Waals surface area contributed by atoms with Crippen LogP contribution in [0.5, 0.6) is 5.75 Å². The van der Waals surface area contributed by atoms with Gasteiger partial charge < -0.3 is 14.4 Å². The number of carbonyl (C=O) groups is 2. The summed E-state index contributed by atoms with van der Waals surface area (Å²) in [4.78, 5) is 39.9. The number of hydrogen-bond acceptors (Lipinski definition) is 6. The zero-order chi connectivity index (χ0) is 25.4. The van der Waals surface area contributed by atoms with Crippen molar-refractivity contribution in [2.24, 2.45) is 0 Å². The van der Waals surface area contributed by atoms with Crippen LogP contribution < -0.4 is 10.2 Å². The van der Waals surface area contributed by atoms with E-state index in [-0.39, 0.29) is 17.9 Å². The Labute approximate surface area is 205 Å². The highest BCUT2D eigenvalue weighted by Gasteiger charge is 2.49. The van der Waals surface area contributed by atoms with Gasteiger partial charge in [-0.05, 0) is 31.4 Å². The van der Waals surface area contributed by atoms with Crippen molar-refractivity contribution in [1.29, 1.82) is 0 Å². The normalized spacial score (nSPS) is 19.4. The van der Waals surface area contributed by atoms with Gasteiger partial charge >= 0.3 is 6.16 Å². The molecule has 8 nitrogen and oxygen atoms in total. The van der Waals surface area contributed by atoms with Crippen LogP contribution in [0.1, 0.15) is 53.3 Å². The Morgan fingerprint density at radius 3 is 2.67 bits per heavy atom. The van der Waals surface area contributed by atoms with Crippen molar-refractivity contribution in [3.05, 3.63) is 93.4 Å². The molecule has 2 aliphatic heterocycles. The second-order valence-electron chi connectivity index (χ2n) is 8.65. The van der Waals surface area contributed by atoms with Crippen LogP contribution in [0, 0.1) is 11.6 Å². The van der Waals surface area contributed by atoms with E-state index in [4.69, 9.17) is 9.47 Å². The Morgan fingerprint density at radius 1 is 1.14 bits per heavy atom. The molecule has 3 aromatic rings. The minimum atomic E-state index is -1.13. The van der Waals surface area contributed by atoms with Gasteiger partial charge in [0.25, 0.3) is 5.91 Å². The summed E-state index contributed by atoms with van der Waals surface area (Å²) in [6.07, 6.45) is 1.09. The number of amides is 1. The van der Waals surface area contributed by atoms with E-state index < -0.39 is 52.9 Å². The lowest BCUT2D eigenvalue weighted by molar-refractivity contribution is 0.0557. The number of halogens is 2. The molecule has 0 spiro atoms. The number of rotatable bonds is 5. The SMILES string of the molecule is CCOC(=O)Oc1c2n(ncc1=O)[C@@H](C(c1ccccc1)c1cccc(F)c1F)[C@H]1CCCN1C2=O. The summed E-state index contributed by atoms with van der Waals surface area (Å²) in [6, 6.07) is 11.8. The average molecular weight is 495 g/mol. The average Bonchev–Trinajstić information content (AvgIpc) is 3.36. The molecule has 1 aromatic heterocycles. The molecule has 1 fully saturated rings. The molecule has 0 N–H and O–H groups in total. The summed E-state index contributed by atoms with van der Waals surface area (Å²) in [5.41, 5.74) is -0.233. The monoisotopic (exact) mass is 495 g/mol. The van der Waals surface area contributed by atoms with Crippen molar-refractivity contribution < 1.29 is 27.8 Å². The third-order valence-corrected chi connectivity index (χ3v) is 6.67. The van der Waals surface area contributed by atoms with E-state index >= 15 is 4.39 Å². The van der Waals surface area contributed by atoms with Crippen LogP contribution in [0.15, 0.2) is 59.5 Å². The summed E-state index contributed by atoms with van der Waals surface area (Å²) in [7, 11) is 0. The Bertz CT molecular complexity index is 1380. The molecule has 1 saturated heterocycles.